The lowest BCUT2D eigenvalue weighted by atomic mass is 10.0. The van der Waals surface area contributed by atoms with E-state index in [1.54, 1.807) is 0 Å². The first-order valence-electron chi connectivity index (χ1n) is 5.94. The van der Waals surface area contributed by atoms with Gasteiger partial charge in [0.05, 0.1) is 5.52 Å². The zero-order valence-corrected chi connectivity index (χ0v) is 9.67. The van der Waals surface area contributed by atoms with Gasteiger partial charge in [0, 0.05) is 34.7 Å². The highest BCUT2D eigenvalue weighted by atomic mass is 14.7. The molecule has 0 unspecified atom stereocenters. The molecule has 4 rings (SSSR count). The maximum absolute atomic E-state index is 4.60. The molecule has 0 saturated heterocycles. The Morgan fingerprint density at radius 3 is 2.61 bits per heavy atom. The quantitative estimate of drug-likeness (QED) is 0.428. The standard InChI is InChI=1S/C16H10N2/c1-2-4-14-11(3-1)5-6-15-13-7-8-17-9-12(13)10-18-16(14)15/h1-10H. The van der Waals surface area contributed by atoms with E-state index in [2.05, 4.69) is 46.4 Å². The number of fused-ring (bicyclic) bond motifs is 5. The van der Waals surface area contributed by atoms with Crippen molar-refractivity contribution in [2.75, 3.05) is 0 Å². The van der Waals surface area contributed by atoms with Gasteiger partial charge in [-0.2, -0.15) is 0 Å². The molecule has 2 nitrogen and oxygen atoms in total. The molecule has 0 atom stereocenters. The van der Waals surface area contributed by atoms with Crippen molar-refractivity contribution in [3.05, 3.63) is 61.1 Å². The summed E-state index contributed by atoms with van der Waals surface area (Å²) in [6.07, 6.45) is 5.59. The fourth-order valence-electron chi connectivity index (χ4n) is 2.50. The van der Waals surface area contributed by atoms with Crippen molar-refractivity contribution in [1.29, 1.82) is 0 Å². The summed E-state index contributed by atoms with van der Waals surface area (Å²) in [6.45, 7) is 0. The second-order valence-electron chi connectivity index (χ2n) is 4.40. The summed E-state index contributed by atoms with van der Waals surface area (Å²) in [5.41, 5.74) is 1.06. The molecule has 84 valence electrons. The van der Waals surface area contributed by atoms with Gasteiger partial charge in [-0.05, 0) is 16.8 Å². The first-order valence-corrected chi connectivity index (χ1v) is 5.94. The van der Waals surface area contributed by atoms with Gasteiger partial charge in [-0.3, -0.25) is 9.97 Å². The maximum Gasteiger partial charge on any atom is 0.0786 e. The molecule has 2 aromatic heterocycles. The topological polar surface area (TPSA) is 25.8 Å². The maximum atomic E-state index is 4.60. The summed E-state index contributed by atoms with van der Waals surface area (Å²) in [4.78, 5) is 8.74. The predicted octanol–water partition coefficient (Wildman–Crippen LogP) is 3.94. The van der Waals surface area contributed by atoms with E-state index >= 15 is 0 Å². The lowest BCUT2D eigenvalue weighted by molar-refractivity contribution is 1.35. The summed E-state index contributed by atoms with van der Waals surface area (Å²) in [5.74, 6) is 0. The summed E-state index contributed by atoms with van der Waals surface area (Å²) >= 11 is 0. The van der Waals surface area contributed by atoms with E-state index in [0.717, 1.165) is 10.9 Å². The van der Waals surface area contributed by atoms with Crippen molar-refractivity contribution in [3.8, 4) is 0 Å². The third-order valence-corrected chi connectivity index (χ3v) is 3.38. The smallest absolute Gasteiger partial charge is 0.0786 e. The van der Waals surface area contributed by atoms with E-state index in [1.165, 1.54) is 21.5 Å². The van der Waals surface area contributed by atoms with Gasteiger partial charge in [-0.15, -0.1) is 0 Å². The molecule has 0 aliphatic rings. The van der Waals surface area contributed by atoms with Crippen LogP contribution < -0.4 is 0 Å². The van der Waals surface area contributed by atoms with E-state index in [9.17, 15) is 0 Å². The highest BCUT2D eigenvalue weighted by molar-refractivity contribution is 6.14. The van der Waals surface area contributed by atoms with Crippen molar-refractivity contribution in [2.24, 2.45) is 0 Å². The summed E-state index contributed by atoms with van der Waals surface area (Å²) in [6, 6.07) is 14.7. The highest BCUT2D eigenvalue weighted by Crippen LogP contribution is 2.28. The Labute approximate surface area is 104 Å². The van der Waals surface area contributed by atoms with Crippen LogP contribution in [0.3, 0.4) is 0 Å². The molecular formula is C16H10N2. The molecule has 18 heavy (non-hydrogen) atoms. The number of rotatable bonds is 0. The second kappa shape index (κ2) is 3.50. The Bertz CT molecular complexity index is 806. The Kier molecular flexibility index (Phi) is 1.86. The molecule has 0 aliphatic heterocycles. The van der Waals surface area contributed by atoms with Crippen LogP contribution in [0.5, 0.6) is 0 Å². The largest absolute Gasteiger partial charge is 0.264 e. The Balaban J connectivity index is 2.31. The van der Waals surface area contributed by atoms with Crippen LogP contribution in [0, 0.1) is 0 Å². The third kappa shape index (κ3) is 1.23. The zero-order chi connectivity index (χ0) is 11.9. The van der Waals surface area contributed by atoms with Crippen molar-refractivity contribution >= 4 is 32.4 Å². The van der Waals surface area contributed by atoms with Gasteiger partial charge >= 0.3 is 0 Å². The molecular weight excluding hydrogens is 220 g/mol. The molecule has 0 spiro atoms. The molecule has 0 fully saturated rings. The van der Waals surface area contributed by atoms with Crippen molar-refractivity contribution < 1.29 is 0 Å². The second-order valence-corrected chi connectivity index (χ2v) is 4.40. The third-order valence-electron chi connectivity index (χ3n) is 3.38. The van der Waals surface area contributed by atoms with Crippen LogP contribution in [-0.4, -0.2) is 9.97 Å². The van der Waals surface area contributed by atoms with E-state index < -0.39 is 0 Å². The van der Waals surface area contributed by atoms with Crippen molar-refractivity contribution in [1.82, 2.24) is 9.97 Å². The van der Waals surface area contributed by atoms with E-state index in [1.807, 2.05) is 24.7 Å². The van der Waals surface area contributed by atoms with Gasteiger partial charge < -0.3 is 0 Å². The van der Waals surface area contributed by atoms with Crippen LogP contribution in [-0.2, 0) is 0 Å². The van der Waals surface area contributed by atoms with Crippen molar-refractivity contribution in [3.63, 3.8) is 0 Å². The van der Waals surface area contributed by atoms with Gasteiger partial charge in [-0.25, -0.2) is 0 Å². The fraction of sp³-hybridized carbons (Fsp3) is 0. The van der Waals surface area contributed by atoms with E-state index in [0.29, 0.717) is 0 Å². The lowest BCUT2D eigenvalue weighted by Crippen LogP contribution is -1.84. The van der Waals surface area contributed by atoms with Gasteiger partial charge in [0.25, 0.3) is 0 Å². The molecule has 0 saturated carbocycles. The summed E-state index contributed by atoms with van der Waals surface area (Å²) in [5, 5.41) is 5.91. The van der Waals surface area contributed by atoms with E-state index in [4.69, 9.17) is 0 Å². The minimum absolute atomic E-state index is 1.06. The van der Waals surface area contributed by atoms with Gasteiger partial charge in [0.15, 0.2) is 0 Å². The molecule has 2 heterocycles. The van der Waals surface area contributed by atoms with Crippen molar-refractivity contribution in [2.45, 2.75) is 0 Å². The molecule has 0 bridgehead atoms. The molecule has 2 aromatic carbocycles. The normalized spacial score (nSPS) is 11.3. The molecule has 0 radical (unpaired) electrons. The SMILES string of the molecule is c1ccc2c(c1)ccc1c3ccncc3cnc21. The number of hydrogen-bond acceptors (Lipinski definition) is 2. The Morgan fingerprint density at radius 2 is 1.61 bits per heavy atom. The van der Waals surface area contributed by atoms with Gasteiger partial charge in [-0.1, -0.05) is 36.4 Å². The molecule has 0 amide bonds. The van der Waals surface area contributed by atoms with Crippen LogP contribution in [0.15, 0.2) is 61.1 Å². The number of benzene rings is 2. The minimum Gasteiger partial charge on any atom is -0.264 e. The lowest BCUT2D eigenvalue weighted by Gasteiger charge is -2.05. The number of aromatic nitrogens is 2. The zero-order valence-electron chi connectivity index (χ0n) is 9.67. The predicted molar refractivity (Wildman–Crippen MR) is 74.6 cm³/mol. The number of pyridine rings is 2. The molecule has 4 aromatic rings. The van der Waals surface area contributed by atoms with Crippen LogP contribution in [0.2, 0.25) is 0 Å². The van der Waals surface area contributed by atoms with Gasteiger partial charge in [0.2, 0.25) is 0 Å². The Morgan fingerprint density at radius 1 is 0.667 bits per heavy atom. The average Bonchev–Trinajstić information content (AvgIpc) is 2.46. The summed E-state index contributed by atoms with van der Waals surface area (Å²) in [7, 11) is 0. The summed E-state index contributed by atoms with van der Waals surface area (Å²) < 4.78 is 0. The molecule has 2 heteroatoms. The van der Waals surface area contributed by atoms with Crippen LogP contribution >= 0.6 is 0 Å². The van der Waals surface area contributed by atoms with Crippen LogP contribution in [0.25, 0.3) is 32.4 Å². The average molecular weight is 230 g/mol. The van der Waals surface area contributed by atoms with E-state index in [-0.39, 0.29) is 0 Å². The fourth-order valence-corrected chi connectivity index (χ4v) is 2.50. The molecule has 0 N–H and O–H groups in total. The van der Waals surface area contributed by atoms with Gasteiger partial charge in [0.1, 0.15) is 0 Å². The molecule has 0 aliphatic carbocycles. The van der Waals surface area contributed by atoms with Crippen LogP contribution in [0.4, 0.5) is 0 Å². The minimum atomic E-state index is 1.06. The number of hydrogen-bond donors (Lipinski definition) is 0. The monoisotopic (exact) mass is 230 g/mol. The Hall–Kier alpha value is -2.48. The first-order chi connectivity index (χ1) is 8.93. The highest BCUT2D eigenvalue weighted by Gasteiger charge is 2.04. The number of nitrogens with zero attached hydrogens (tertiary/aromatic N) is 2. The first kappa shape index (κ1) is 9.54. The van der Waals surface area contributed by atoms with Crippen LogP contribution in [0.1, 0.15) is 0 Å².